The van der Waals surface area contributed by atoms with Crippen LogP contribution >= 0.6 is 0 Å². The van der Waals surface area contributed by atoms with Gasteiger partial charge in [-0.25, -0.2) is 0 Å². The van der Waals surface area contributed by atoms with Crippen molar-refractivity contribution in [3.8, 4) is 11.5 Å². The molecule has 0 fully saturated rings. The number of ether oxygens (including phenoxy) is 2. The van der Waals surface area contributed by atoms with Gasteiger partial charge in [-0.1, -0.05) is 6.07 Å². The average molecular weight is 478 g/mol. The first kappa shape index (κ1) is 24.5. The van der Waals surface area contributed by atoms with E-state index in [0.29, 0.717) is 6.55 Å². The van der Waals surface area contributed by atoms with Crippen molar-refractivity contribution in [3.05, 3.63) is 18.2 Å². The standard InChI is InChI=1S/C11H12F6O8S2Si/c1-22-7-5-4-6-8(23-2)9(7)28(3,24-26(18,19)10(12,13)14)25-27(20,21)11(15,16)17/h4-6H,1-3H3. The van der Waals surface area contributed by atoms with E-state index in [4.69, 9.17) is 9.47 Å². The molecule has 0 aromatic heterocycles. The first-order chi connectivity index (χ1) is 12.4. The molecule has 0 unspecified atom stereocenters. The molecular weight excluding hydrogens is 466 g/mol. The zero-order valence-corrected chi connectivity index (χ0v) is 16.7. The highest BCUT2D eigenvalue weighted by molar-refractivity contribution is 7.90. The van der Waals surface area contributed by atoms with Crippen LogP contribution in [-0.2, 0) is 28.0 Å². The van der Waals surface area contributed by atoms with E-state index >= 15 is 0 Å². The van der Waals surface area contributed by atoms with Crippen LogP contribution in [0.3, 0.4) is 0 Å². The maximum atomic E-state index is 12.7. The second-order valence-corrected chi connectivity index (χ2v) is 11.4. The smallest absolute Gasteiger partial charge is 0.497 e. The Morgan fingerprint density at radius 2 is 1.11 bits per heavy atom. The van der Waals surface area contributed by atoms with Crippen molar-refractivity contribution < 1.29 is 60.4 Å². The average Bonchev–Trinajstić information content (AvgIpc) is 2.50. The van der Waals surface area contributed by atoms with Gasteiger partial charge < -0.3 is 9.47 Å². The molecule has 1 rings (SSSR count). The first-order valence-corrected chi connectivity index (χ1v) is 11.8. The van der Waals surface area contributed by atoms with Crippen molar-refractivity contribution in [2.45, 2.75) is 17.6 Å². The van der Waals surface area contributed by atoms with Crippen LogP contribution in [0.2, 0.25) is 6.55 Å². The van der Waals surface area contributed by atoms with E-state index in [1.54, 1.807) is 0 Å². The zero-order chi connectivity index (χ0) is 22.2. The lowest BCUT2D eigenvalue weighted by atomic mass is 10.3. The van der Waals surface area contributed by atoms with E-state index in [2.05, 4.69) is 7.74 Å². The lowest BCUT2D eigenvalue weighted by molar-refractivity contribution is -0.0529. The van der Waals surface area contributed by atoms with E-state index in [1.807, 2.05) is 0 Å². The largest absolute Gasteiger partial charge is 0.522 e. The second kappa shape index (κ2) is 7.69. The monoisotopic (exact) mass is 478 g/mol. The van der Waals surface area contributed by atoms with E-state index in [1.165, 1.54) is 6.07 Å². The zero-order valence-electron chi connectivity index (χ0n) is 14.1. The molecule has 0 aliphatic rings. The molecule has 0 N–H and O–H groups in total. The van der Waals surface area contributed by atoms with Crippen molar-refractivity contribution in [3.63, 3.8) is 0 Å². The van der Waals surface area contributed by atoms with Crippen molar-refractivity contribution in [1.29, 1.82) is 0 Å². The predicted octanol–water partition coefficient (Wildman–Crippen LogP) is 1.72. The van der Waals surface area contributed by atoms with E-state index in [9.17, 15) is 43.2 Å². The summed E-state index contributed by atoms with van der Waals surface area (Å²) in [7, 11) is -16.9. The van der Waals surface area contributed by atoms with E-state index in [0.717, 1.165) is 26.4 Å². The minimum Gasteiger partial charge on any atom is -0.497 e. The summed E-state index contributed by atoms with van der Waals surface area (Å²) in [6.45, 7) is 0.347. The van der Waals surface area contributed by atoms with E-state index in [-0.39, 0.29) is 0 Å². The number of halogens is 6. The summed E-state index contributed by atoms with van der Waals surface area (Å²) in [5, 5.41) is -0.861. The van der Waals surface area contributed by atoms with Gasteiger partial charge in [0.05, 0.1) is 19.4 Å². The highest BCUT2D eigenvalue weighted by Gasteiger charge is 2.60. The van der Waals surface area contributed by atoms with Gasteiger partial charge in [-0.2, -0.15) is 43.2 Å². The predicted molar refractivity (Wildman–Crippen MR) is 82.9 cm³/mol. The summed E-state index contributed by atoms with van der Waals surface area (Å²) < 4.78 is 139. The molecule has 0 aliphatic carbocycles. The fourth-order valence-electron chi connectivity index (χ4n) is 1.91. The normalized spacial score (nSPS) is 14.0. The molecule has 0 spiro atoms. The number of hydrogen-bond donors (Lipinski definition) is 0. The highest BCUT2D eigenvalue weighted by atomic mass is 32.2. The Kier molecular flexibility index (Phi) is 6.72. The highest BCUT2D eigenvalue weighted by Crippen LogP contribution is 2.35. The van der Waals surface area contributed by atoms with E-state index < -0.39 is 56.5 Å². The molecule has 0 radical (unpaired) electrons. The van der Waals surface area contributed by atoms with Crippen LogP contribution in [0, 0.1) is 0 Å². The fraction of sp³-hybridized carbons (Fsp3) is 0.455. The van der Waals surface area contributed by atoms with Gasteiger partial charge in [0.2, 0.25) is 0 Å². The van der Waals surface area contributed by atoms with Gasteiger partial charge in [-0.05, 0) is 18.7 Å². The molecule has 0 amide bonds. The van der Waals surface area contributed by atoms with Crippen molar-refractivity contribution in [2.24, 2.45) is 0 Å². The third-order valence-electron chi connectivity index (χ3n) is 2.99. The summed E-state index contributed by atoms with van der Waals surface area (Å²) in [5.74, 6) is -1.05. The van der Waals surface area contributed by atoms with Crippen LogP contribution in [-0.4, -0.2) is 50.6 Å². The molecule has 0 aliphatic heterocycles. The molecule has 0 bridgehead atoms. The SMILES string of the molecule is COc1cccc(OC)c1[Si](C)(OS(=O)(=O)C(F)(F)F)OS(=O)(=O)C(F)(F)F. The molecule has 162 valence electrons. The number of hydrogen-bond acceptors (Lipinski definition) is 8. The molecule has 17 heteroatoms. The number of alkyl halides is 6. The minimum atomic E-state index is -6.58. The topological polar surface area (TPSA) is 105 Å². The van der Waals surface area contributed by atoms with Crippen LogP contribution in [0.25, 0.3) is 0 Å². The molecule has 1 aromatic rings. The summed E-state index contributed by atoms with van der Waals surface area (Å²) >= 11 is 0. The van der Waals surface area contributed by atoms with Gasteiger partial charge >= 0.3 is 39.8 Å². The Balaban J connectivity index is 3.82. The number of rotatable bonds is 7. The Labute approximate surface area is 156 Å². The lowest BCUT2D eigenvalue weighted by Gasteiger charge is -2.29. The van der Waals surface area contributed by atoms with Gasteiger partial charge in [-0.3, -0.25) is 7.74 Å². The van der Waals surface area contributed by atoms with Crippen molar-refractivity contribution in [2.75, 3.05) is 14.2 Å². The summed E-state index contributed by atoms with van der Waals surface area (Å²) in [5.41, 5.74) is -12.2. The molecule has 0 saturated heterocycles. The van der Waals surface area contributed by atoms with Crippen LogP contribution in [0.5, 0.6) is 11.5 Å². The maximum Gasteiger partial charge on any atom is 0.522 e. The van der Waals surface area contributed by atoms with Crippen LogP contribution in [0.1, 0.15) is 0 Å². The van der Waals surface area contributed by atoms with Crippen LogP contribution in [0.15, 0.2) is 18.2 Å². The second-order valence-electron chi connectivity index (χ2n) is 4.95. The quantitative estimate of drug-likeness (QED) is 0.332. The Morgan fingerprint density at radius 3 is 1.36 bits per heavy atom. The number of methoxy groups -OCH3 is 2. The molecule has 28 heavy (non-hydrogen) atoms. The summed E-state index contributed by atoms with van der Waals surface area (Å²) in [6, 6.07) is 3.18. The third-order valence-corrected chi connectivity index (χ3v) is 9.82. The van der Waals surface area contributed by atoms with Crippen LogP contribution < -0.4 is 14.7 Å². The Morgan fingerprint density at radius 1 is 0.786 bits per heavy atom. The summed E-state index contributed by atoms with van der Waals surface area (Å²) in [6.07, 6.45) is 0. The molecule has 0 saturated carbocycles. The van der Waals surface area contributed by atoms with Gasteiger partial charge in [0.1, 0.15) is 11.5 Å². The summed E-state index contributed by atoms with van der Waals surface area (Å²) in [4.78, 5) is 0. The minimum absolute atomic E-state index is 0.347. The Hall–Kier alpha value is -1.56. The molecule has 1 aromatic carbocycles. The first-order valence-electron chi connectivity index (χ1n) is 6.67. The van der Waals surface area contributed by atoms with Crippen molar-refractivity contribution in [1.82, 2.24) is 0 Å². The lowest BCUT2D eigenvalue weighted by Crippen LogP contribution is -2.57. The third kappa shape index (κ3) is 4.88. The fourth-order valence-corrected chi connectivity index (χ4v) is 8.31. The number of benzene rings is 1. The van der Waals surface area contributed by atoms with Gasteiger partial charge in [0, 0.05) is 0 Å². The van der Waals surface area contributed by atoms with Gasteiger partial charge in [0.15, 0.2) is 0 Å². The van der Waals surface area contributed by atoms with Crippen LogP contribution in [0.4, 0.5) is 26.3 Å². The van der Waals surface area contributed by atoms with Crippen molar-refractivity contribution >= 4 is 34.0 Å². The Bertz CT molecular complexity index is 857. The molecule has 0 heterocycles. The molecule has 8 nitrogen and oxygen atoms in total. The van der Waals surface area contributed by atoms with Gasteiger partial charge in [-0.15, -0.1) is 0 Å². The van der Waals surface area contributed by atoms with Gasteiger partial charge in [0.25, 0.3) is 0 Å². The molecule has 0 atom stereocenters. The maximum absolute atomic E-state index is 12.7. The molecular formula is C11H12F6O8S2Si.